The molecule has 1 aromatic carbocycles. The van der Waals surface area contributed by atoms with Crippen LogP contribution in [0.2, 0.25) is 0 Å². The maximum Gasteiger partial charge on any atom is 0.118 e. The third-order valence-corrected chi connectivity index (χ3v) is 3.56. The molecule has 1 rings (SSSR count). The number of rotatable bonds is 4. The Morgan fingerprint density at radius 2 is 1.71 bits per heavy atom. The van der Waals surface area contributed by atoms with Gasteiger partial charge in [0.15, 0.2) is 0 Å². The van der Waals surface area contributed by atoms with Gasteiger partial charge in [-0.25, -0.2) is 0 Å². The normalized spacial score (nSPS) is 15.4. The lowest BCUT2D eigenvalue weighted by atomic mass is 9.78. The summed E-state index contributed by atoms with van der Waals surface area (Å²) in [7, 11) is 1.65. The highest BCUT2D eigenvalue weighted by atomic mass is 16.5. The second kappa shape index (κ2) is 5.54. The molecule has 1 aromatic rings. The second-order valence-corrected chi connectivity index (χ2v) is 5.79. The molecule has 1 N–H and O–H groups in total. The van der Waals surface area contributed by atoms with Crippen LogP contribution in [0.25, 0.3) is 0 Å². The zero-order valence-electron chi connectivity index (χ0n) is 11.5. The summed E-state index contributed by atoms with van der Waals surface area (Å²) in [6.07, 6.45) is 0.394. The van der Waals surface area contributed by atoms with E-state index >= 15 is 0 Å². The van der Waals surface area contributed by atoms with Crippen molar-refractivity contribution in [3.63, 3.8) is 0 Å². The number of aliphatic hydroxyl groups excluding tert-OH is 1. The number of hydrogen-bond acceptors (Lipinski definition) is 2. The van der Waals surface area contributed by atoms with Gasteiger partial charge in [0.1, 0.15) is 5.75 Å². The Morgan fingerprint density at radius 1 is 1.18 bits per heavy atom. The van der Waals surface area contributed by atoms with E-state index in [0.29, 0.717) is 5.92 Å². The van der Waals surface area contributed by atoms with Gasteiger partial charge < -0.3 is 9.84 Å². The molecule has 0 aromatic heterocycles. The lowest BCUT2D eigenvalue weighted by Crippen LogP contribution is -2.19. The summed E-state index contributed by atoms with van der Waals surface area (Å²) in [4.78, 5) is 0. The number of benzene rings is 1. The van der Waals surface area contributed by atoms with Gasteiger partial charge in [-0.05, 0) is 35.4 Å². The van der Waals surface area contributed by atoms with Gasteiger partial charge in [-0.3, -0.25) is 0 Å². The fraction of sp³-hybridized carbons (Fsp3) is 0.600. The molecule has 2 unspecified atom stereocenters. The SMILES string of the molecule is COc1ccc(C(O)CC(C)C(C)(C)C)cc1. The molecule has 0 radical (unpaired) electrons. The molecule has 2 heteroatoms. The molecule has 0 aliphatic rings. The van der Waals surface area contributed by atoms with Crippen LogP contribution in [0.3, 0.4) is 0 Å². The molecule has 0 heterocycles. The Balaban J connectivity index is 2.66. The van der Waals surface area contributed by atoms with Crippen LogP contribution < -0.4 is 4.74 Å². The van der Waals surface area contributed by atoms with Crippen molar-refractivity contribution in [3.8, 4) is 5.75 Å². The highest BCUT2D eigenvalue weighted by molar-refractivity contribution is 5.28. The molecule has 0 aliphatic carbocycles. The van der Waals surface area contributed by atoms with Gasteiger partial charge in [0, 0.05) is 0 Å². The summed E-state index contributed by atoms with van der Waals surface area (Å²) >= 11 is 0. The van der Waals surface area contributed by atoms with E-state index in [0.717, 1.165) is 17.7 Å². The summed E-state index contributed by atoms with van der Waals surface area (Å²) in [5.41, 5.74) is 1.19. The number of ether oxygens (including phenoxy) is 1. The molecule has 96 valence electrons. The van der Waals surface area contributed by atoms with E-state index in [-0.39, 0.29) is 5.41 Å². The minimum atomic E-state index is -0.393. The van der Waals surface area contributed by atoms with Crippen molar-refractivity contribution in [1.82, 2.24) is 0 Å². The zero-order chi connectivity index (χ0) is 13.1. The first-order valence-electron chi connectivity index (χ1n) is 6.16. The van der Waals surface area contributed by atoms with Crippen molar-refractivity contribution in [2.24, 2.45) is 11.3 Å². The van der Waals surface area contributed by atoms with Gasteiger partial charge >= 0.3 is 0 Å². The number of methoxy groups -OCH3 is 1. The Labute approximate surface area is 105 Å². The van der Waals surface area contributed by atoms with E-state index < -0.39 is 6.10 Å². The third kappa shape index (κ3) is 4.04. The van der Waals surface area contributed by atoms with Crippen LogP contribution in [0.4, 0.5) is 0 Å². The Hall–Kier alpha value is -1.02. The number of aliphatic hydroxyl groups is 1. The van der Waals surface area contributed by atoms with Crippen molar-refractivity contribution in [2.75, 3.05) is 7.11 Å². The minimum absolute atomic E-state index is 0.230. The predicted octanol–water partition coefficient (Wildman–Crippen LogP) is 3.80. The molecular weight excluding hydrogens is 212 g/mol. The van der Waals surface area contributed by atoms with E-state index in [4.69, 9.17) is 4.74 Å². The summed E-state index contributed by atoms with van der Waals surface area (Å²) in [6, 6.07) is 7.64. The molecular formula is C15H24O2. The van der Waals surface area contributed by atoms with Crippen LogP contribution in [0, 0.1) is 11.3 Å². The average Bonchev–Trinajstić information content (AvgIpc) is 2.27. The van der Waals surface area contributed by atoms with E-state index in [9.17, 15) is 5.11 Å². The lowest BCUT2D eigenvalue weighted by Gasteiger charge is -2.29. The molecule has 0 saturated carbocycles. The van der Waals surface area contributed by atoms with Gasteiger partial charge in [-0.15, -0.1) is 0 Å². The summed E-state index contributed by atoms with van der Waals surface area (Å²) in [6.45, 7) is 8.81. The van der Waals surface area contributed by atoms with Gasteiger partial charge in [0.05, 0.1) is 13.2 Å². The van der Waals surface area contributed by atoms with Crippen LogP contribution in [0.15, 0.2) is 24.3 Å². The maximum absolute atomic E-state index is 10.2. The first kappa shape index (κ1) is 14.0. The van der Waals surface area contributed by atoms with Crippen LogP contribution in [-0.4, -0.2) is 12.2 Å². The van der Waals surface area contributed by atoms with E-state index in [1.54, 1.807) is 7.11 Å². The van der Waals surface area contributed by atoms with Gasteiger partial charge in [0.2, 0.25) is 0 Å². The largest absolute Gasteiger partial charge is 0.497 e. The van der Waals surface area contributed by atoms with Crippen molar-refractivity contribution >= 4 is 0 Å². The van der Waals surface area contributed by atoms with Crippen LogP contribution in [0.1, 0.15) is 45.8 Å². The molecule has 2 nitrogen and oxygen atoms in total. The predicted molar refractivity (Wildman–Crippen MR) is 71.2 cm³/mol. The van der Waals surface area contributed by atoms with Crippen LogP contribution >= 0.6 is 0 Å². The van der Waals surface area contributed by atoms with Crippen molar-refractivity contribution in [1.29, 1.82) is 0 Å². The Bertz CT molecular complexity index is 335. The molecule has 0 bridgehead atoms. The molecule has 17 heavy (non-hydrogen) atoms. The zero-order valence-corrected chi connectivity index (χ0v) is 11.5. The standard InChI is InChI=1S/C15H24O2/c1-11(15(2,3)4)10-14(16)12-6-8-13(17-5)9-7-12/h6-9,11,14,16H,10H2,1-5H3. The van der Waals surface area contributed by atoms with E-state index in [1.165, 1.54) is 0 Å². The highest BCUT2D eigenvalue weighted by Crippen LogP contribution is 2.33. The Kier molecular flexibility index (Phi) is 4.58. The van der Waals surface area contributed by atoms with Crippen LogP contribution in [-0.2, 0) is 0 Å². The third-order valence-electron chi connectivity index (χ3n) is 3.56. The van der Waals surface area contributed by atoms with E-state index in [1.807, 2.05) is 24.3 Å². The Morgan fingerprint density at radius 3 is 2.12 bits per heavy atom. The molecule has 0 aliphatic heterocycles. The fourth-order valence-electron chi connectivity index (χ4n) is 1.65. The summed E-state index contributed by atoms with van der Waals surface area (Å²) < 4.78 is 5.10. The first-order valence-corrected chi connectivity index (χ1v) is 6.16. The molecule has 0 spiro atoms. The molecule has 0 fully saturated rings. The molecule has 0 amide bonds. The fourth-order valence-corrected chi connectivity index (χ4v) is 1.65. The van der Waals surface area contributed by atoms with Gasteiger partial charge in [-0.1, -0.05) is 39.8 Å². The monoisotopic (exact) mass is 236 g/mol. The second-order valence-electron chi connectivity index (χ2n) is 5.79. The summed E-state index contributed by atoms with van der Waals surface area (Å²) in [5.74, 6) is 1.30. The minimum Gasteiger partial charge on any atom is -0.497 e. The number of hydrogen-bond donors (Lipinski definition) is 1. The first-order chi connectivity index (χ1) is 7.84. The van der Waals surface area contributed by atoms with Crippen LogP contribution in [0.5, 0.6) is 5.75 Å². The maximum atomic E-state index is 10.2. The summed E-state index contributed by atoms with van der Waals surface area (Å²) in [5, 5.41) is 10.2. The van der Waals surface area contributed by atoms with Crippen molar-refractivity contribution in [2.45, 2.75) is 40.2 Å². The highest BCUT2D eigenvalue weighted by Gasteiger charge is 2.23. The quantitative estimate of drug-likeness (QED) is 0.861. The van der Waals surface area contributed by atoms with Gasteiger partial charge in [-0.2, -0.15) is 0 Å². The lowest BCUT2D eigenvalue weighted by molar-refractivity contribution is 0.111. The van der Waals surface area contributed by atoms with Crippen molar-refractivity contribution < 1.29 is 9.84 Å². The van der Waals surface area contributed by atoms with Crippen molar-refractivity contribution in [3.05, 3.63) is 29.8 Å². The smallest absolute Gasteiger partial charge is 0.118 e. The topological polar surface area (TPSA) is 29.5 Å². The van der Waals surface area contributed by atoms with E-state index in [2.05, 4.69) is 27.7 Å². The molecule has 2 atom stereocenters. The average molecular weight is 236 g/mol. The molecule has 0 saturated heterocycles. The van der Waals surface area contributed by atoms with Gasteiger partial charge in [0.25, 0.3) is 0 Å².